The zero-order valence-corrected chi connectivity index (χ0v) is 12.3. The van der Waals surface area contributed by atoms with Gasteiger partial charge in [-0.1, -0.05) is 6.07 Å². The largest absolute Gasteiger partial charge is 0.464 e. The van der Waals surface area contributed by atoms with Crippen LogP contribution in [0.25, 0.3) is 0 Å². The Bertz CT molecular complexity index is 636. The van der Waals surface area contributed by atoms with Gasteiger partial charge >= 0.3 is 0 Å². The number of aryl methyl sites for hydroxylation is 2. The number of furan rings is 1. The molecule has 0 aliphatic carbocycles. The number of nitro benzene ring substituents is 1. The van der Waals surface area contributed by atoms with E-state index in [1.165, 1.54) is 0 Å². The fourth-order valence-corrected chi connectivity index (χ4v) is 2.10. The van der Waals surface area contributed by atoms with E-state index in [2.05, 4.69) is 5.32 Å². The highest BCUT2D eigenvalue weighted by Crippen LogP contribution is 2.29. The molecule has 2 rings (SSSR count). The van der Waals surface area contributed by atoms with Crippen LogP contribution >= 0.6 is 0 Å². The van der Waals surface area contributed by atoms with Gasteiger partial charge in [-0.05, 0) is 37.6 Å². The molecule has 0 aliphatic rings. The lowest BCUT2D eigenvalue weighted by Crippen LogP contribution is -2.16. The topological polar surface area (TPSA) is 77.5 Å². The SMILES string of the molecule is COCC(Nc1ccc(C)cc1[N+](=O)[O-])c1ccc(C)o1. The summed E-state index contributed by atoms with van der Waals surface area (Å²) in [5.41, 5.74) is 1.32. The van der Waals surface area contributed by atoms with Crippen LogP contribution in [0.15, 0.2) is 34.7 Å². The molecule has 1 unspecified atom stereocenters. The lowest BCUT2D eigenvalue weighted by Gasteiger charge is -2.17. The molecule has 1 aromatic carbocycles. The summed E-state index contributed by atoms with van der Waals surface area (Å²) >= 11 is 0. The molecule has 6 nitrogen and oxygen atoms in total. The Morgan fingerprint density at radius 3 is 2.67 bits per heavy atom. The van der Waals surface area contributed by atoms with Crippen molar-refractivity contribution in [3.8, 4) is 0 Å². The molecule has 0 aliphatic heterocycles. The summed E-state index contributed by atoms with van der Waals surface area (Å²) in [5.74, 6) is 1.47. The van der Waals surface area contributed by atoms with E-state index in [-0.39, 0.29) is 11.7 Å². The van der Waals surface area contributed by atoms with Gasteiger partial charge in [0.2, 0.25) is 0 Å². The molecule has 112 valence electrons. The van der Waals surface area contributed by atoms with Crippen molar-refractivity contribution < 1.29 is 14.1 Å². The molecular formula is C15H18N2O4. The fourth-order valence-electron chi connectivity index (χ4n) is 2.10. The van der Waals surface area contributed by atoms with Crippen LogP contribution in [0.3, 0.4) is 0 Å². The van der Waals surface area contributed by atoms with Gasteiger partial charge in [-0.15, -0.1) is 0 Å². The van der Waals surface area contributed by atoms with Crippen LogP contribution in [0.5, 0.6) is 0 Å². The monoisotopic (exact) mass is 290 g/mol. The minimum atomic E-state index is -0.396. The molecule has 0 fully saturated rings. The van der Waals surface area contributed by atoms with Crippen LogP contribution in [-0.2, 0) is 4.74 Å². The average molecular weight is 290 g/mol. The number of benzene rings is 1. The van der Waals surface area contributed by atoms with Crippen molar-refractivity contribution in [2.45, 2.75) is 19.9 Å². The van der Waals surface area contributed by atoms with Crippen molar-refractivity contribution in [3.63, 3.8) is 0 Å². The number of nitro groups is 1. The van der Waals surface area contributed by atoms with E-state index in [0.717, 1.165) is 11.3 Å². The maximum absolute atomic E-state index is 11.2. The van der Waals surface area contributed by atoms with Crippen molar-refractivity contribution in [1.82, 2.24) is 0 Å². The van der Waals surface area contributed by atoms with Gasteiger partial charge in [0.05, 0.1) is 11.5 Å². The number of anilines is 1. The summed E-state index contributed by atoms with van der Waals surface area (Å²) < 4.78 is 10.8. The lowest BCUT2D eigenvalue weighted by atomic mass is 10.1. The summed E-state index contributed by atoms with van der Waals surface area (Å²) in [7, 11) is 1.58. The Labute approximate surface area is 122 Å². The highest BCUT2D eigenvalue weighted by Gasteiger charge is 2.20. The first-order valence-electron chi connectivity index (χ1n) is 6.58. The second-order valence-corrected chi connectivity index (χ2v) is 4.88. The van der Waals surface area contributed by atoms with E-state index >= 15 is 0 Å². The van der Waals surface area contributed by atoms with Crippen LogP contribution in [0.1, 0.15) is 23.1 Å². The summed E-state index contributed by atoms with van der Waals surface area (Å²) in [5, 5.41) is 14.3. The Morgan fingerprint density at radius 1 is 1.33 bits per heavy atom. The van der Waals surface area contributed by atoms with Crippen molar-refractivity contribution in [3.05, 3.63) is 57.5 Å². The molecular weight excluding hydrogens is 272 g/mol. The van der Waals surface area contributed by atoms with Gasteiger partial charge in [-0.25, -0.2) is 0 Å². The van der Waals surface area contributed by atoms with Gasteiger partial charge in [-0.3, -0.25) is 10.1 Å². The molecule has 0 spiro atoms. The third-order valence-electron chi connectivity index (χ3n) is 3.12. The average Bonchev–Trinajstić information content (AvgIpc) is 2.86. The Morgan fingerprint density at radius 2 is 2.10 bits per heavy atom. The van der Waals surface area contributed by atoms with Crippen LogP contribution in [0.4, 0.5) is 11.4 Å². The number of nitrogens with zero attached hydrogens (tertiary/aromatic N) is 1. The highest BCUT2D eigenvalue weighted by atomic mass is 16.6. The molecule has 1 atom stereocenters. The highest BCUT2D eigenvalue weighted by molar-refractivity contribution is 5.63. The number of hydrogen-bond acceptors (Lipinski definition) is 5. The molecule has 6 heteroatoms. The van der Waals surface area contributed by atoms with Gasteiger partial charge in [-0.2, -0.15) is 0 Å². The first-order valence-corrected chi connectivity index (χ1v) is 6.58. The molecule has 1 aromatic heterocycles. The minimum absolute atomic E-state index is 0.0411. The maximum atomic E-state index is 11.2. The molecule has 0 amide bonds. The lowest BCUT2D eigenvalue weighted by molar-refractivity contribution is -0.384. The maximum Gasteiger partial charge on any atom is 0.292 e. The van der Waals surface area contributed by atoms with E-state index in [4.69, 9.17) is 9.15 Å². The molecule has 0 saturated heterocycles. The molecule has 21 heavy (non-hydrogen) atoms. The Kier molecular flexibility index (Phi) is 4.59. The van der Waals surface area contributed by atoms with Crippen molar-refractivity contribution in [1.29, 1.82) is 0 Å². The Balaban J connectivity index is 2.31. The predicted octanol–water partition coefficient (Wildman–Crippen LogP) is 3.60. The quantitative estimate of drug-likeness (QED) is 0.649. The molecule has 2 aromatic rings. The molecule has 1 heterocycles. The number of rotatable bonds is 6. The smallest absolute Gasteiger partial charge is 0.292 e. The van der Waals surface area contributed by atoms with Crippen LogP contribution in [0, 0.1) is 24.0 Å². The predicted molar refractivity (Wildman–Crippen MR) is 79.5 cm³/mol. The van der Waals surface area contributed by atoms with Gasteiger partial charge in [0, 0.05) is 13.2 Å². The summed E-state index contributed by atoms with van der Waals surface area (Å²) in [4.78, 5) is 10.8. The second kappa shape index (κ2) is 6.41. The van der Waals surface area contributed by atoms with Gasteiger partial charge in [0.25, 0.3) is 5.69 Å². The van der Waals surface area contributed by atoms with Crippen LogP contribution < -0.4 is 5.32 Å². The fraction of sp³-hybridized carbons (Fsp3) is 0.333. The number of nitrogens with one attached hydrogen (secondary N) is 1. The van der Waals surface area contributed by atoms with Gasteiger partial charge in [0.1, 0.15) is 23.2 Å². The zero-order chi connectivity index (χ0) is 15.4. The molecule has 0 radical (unpaired) electrons. The first-order chi connectivity index (χ1) is 10.0. The van der Waals surface area contributed by atoms with E-state index in [9.17, 15) is 10.1 Å². The third kappa shape index (κ3) is 3.61. The summed E-state index contributed by atoms with van der Waals surface area (Å²) in [6.07, 6.45) is 0. The third-order valence-corrected chi connectivity index (χ3v) is 3.12. The first kappa shape index (κ1) is 15.1. The molecule has 0 saturated carbocycles. The van der Waals surface area contributed by atoms with E-state index in [0.29, 0.717) is 18.1 Å². The summed E-state index contributed by atoms with van der Waals surface area (Å²) in [6, 6.07) is 8.47. The number of hydrogen-bond donors (Lipinski definition) is 1. The molecule has 0 bridgehead atoms. The van der Waals surface area contributed by atoms with Crippen molar-refractivity contribution in [2.75, 3.05) is 19.0 Å². The zero-order valence-electron chi connectivity index (χ0n) is 12.3. The summed E-state index contributed by atoms with van der Waals surface area (Å²) in [6.45, 7) is 4.01. The van der Waals surface area contributed by atoms with Gasteiger partial charge < -0.3 is 14.5 Å². The van der Waals surface area contributed by atoms with Crippen LogP contribution in [-0.4, -0.2) is 18.6 Å². The normalized spacial score (nSPS) is 12.1. The van der Waals surface area contributed by atoms with Crippen molar-refractivity contribution in [2.24, 2.45) is 0 Å². The second-order valence-electron chi connectivity index (χ2n) is 4.88. The van der Waals surface area contributed by atoms with Crippen molar-refractivity contribution >= 4 is 11.4 Å². The van der Waals surface area contributed by atoms with E-state index in [1.807, 2.05) is 32.0 Å². The van der Waals surface area contributed by atoms with Gasteiger partial charge in [0.15, 0.2) is 0 Å². The Hall–Kier alpha value is -2.34. The number of ether oxygens (including phenoxy) is 1. The van der Waals surface area contributed by atoms with Crippen LogP contribution in [0.2, 0.25) is 0 Å². The molecule has 1 N–H and O–H groups in total. The van der Waals surface area contributed by atoms with E-state index < -0.39 is 4.92 Å². The van der Waals surface area contributed by atoms with E-state index in [1.54, 1.807) is 19.2 Å². The standard InChI is InChI=1S/C15H18N2O4/c1-10-4-6-12(14(8-10)17(18)19)16-13(9-20-3)15-7-5-11(2)21-15/h4-8,13,16H,9H2,1-3H3. The number of methoxy groups -OCH3 is 1. The minimum Gasteiger partial charge on any atom is -0.464 e.